The third-order valence-electron chi connectivity index (χ3n) is 3.58. The fourth-order valence-electron chi connectivity index (χ4n) is 2.34. The lowest BCUT2D eigenvalue weighted by molar-refractivity contribution is -0.146. The van der Waals surface area contributed by atoms with Gasteiger partial charge in [-0.3, -0.25) is 0 Å². The second-order valence-electron chi connectivity index (χ2n) is 5.44. The highest BCUT2D eigenvalue weighted by atomic mass is 35.5. The molecule has 0 saturated carbocycles. The highest BCUT2D eigenvalue weighted by molar-refractivity contribution is 6.35. The summed E-state index contributed by atoms with van der Waals surface area (Å²) < 4.78 is 16.0. The van der Waals surface area contributed by atoms with E-state index >= 15 is 0 Å². The maximum atomic E-state index is 11.8. The Morgan fingerprint density at radius 3 is 2.46 bits per heavy atom. The highest BCUT2D eigenvalue weighted by Gasteiger charge is 2.06. The summed E-state index contributed by atoms with van der Waals surface area (Å²) in [4.78, 5) is 11.8. The fourth-order valence-corrected chi connectivity index (χ4v) is 2.80. The summed E-state index contributed by atoms with van der Waals surface area (Å²) in [6.07, 6.45) is 0. The van der Waals surface area contributed by atoms with Crippen molar-refractivity contribution in [2.75, 3.05) is 19.8 Å². The summed E-state index contributed by atoms with van der Waals surface area (Å²) >= 11 is 11.8. The van der Waals surface area contributed by atoms with Crippen molar-refractivity contribution in [2.24, 2.45) is 0 Å². The number of hydrogen-bond donors (Lipinski definition) is 0. The van der Waals surface area contributed by atoms with Crippen LogP contribution in [0.3, 0.4) is 0 Å². The van der Waals surface area contributed by atoms with Crippen molar-refractivity contribution in [3.8, 4) is 11.5 Å². The monoisotopic (exact) mass is 390 g/mol. The van der Waals surface area contributed by atoms with Crippen molar-refractivity contribution in [3.05, 3.63) is 70.7 Å². The Bertz CT molecular complexity index is 911. The first-order valence-corrected chi connectivity index (χ1v) is 8.72. The Morgan fingerprint density at radius 1 is 0.846 bits per heavy atom. The zero-order valence-electron chi connectivity index (χ0n) is 13.8. The molecule has 0 aliphatic carbocycles. The van der Waals surface area contributed by atoms with Crippen LogP contribution in [-0.2, 0) is 9.53 Å². The molecule has 6 heteroatoms. The van der Waals surface area contributed by atoms with Gasteiger partial charge in [-0.1, -0.05) is 53.5 Å². The summed E-state index contributed by atoms with van der Waals surface area (Å²) in [6.45, 7) is 0.113. The van der Waals surface area contributed by atoms with Crippen molar-refractivity contribution < 1.29 is 19.0 Å². The first-order valence-electron chi connectivity index (χ1n) is 7.97. The molecule has 3 aromatic rings. The van der Waals surface area contributed by atoms with Crippen LogP contribution in [0.1, 0.15) is 0 Å². The number of esters is 1. The van der Waals surface area contributed by atoms with Crippen LogP contribution in [0.4, 0.5) is 0 Å². The number of hydrogen-bond acceptors (Lipinski definition) is 4. The van der Waals surface area contributed by atoms with Crippen LogP contribution in [0, 0.1) is 0 Å². The largest absolute Gasteiger partial charge is 0.488 e. The molecule has 0 unspecified atom stereocenters. The van der Waals surface area contributed by atoms with E-state index in [1.807, 2.05) is 42.5 Å². The predicted octanol–water partition coefficient (Wildman–Crippen LogP) is 5.15. The molecule has 0 N–H and O–H groups in total. The Kier molecular flexibility index (Phi) is 6.21. The second kappa shape index (κ2) is 8.79. The molecule has 3 rings (SSSR count). The molecule has 0 radical (unpaired) electrons. The van der Waals surface area contributed by atoms with Gasteiger partial charge >= 0.3 is 5.97 Å². The standard InChI is InChI=1S/C20H16Cl2O4/c21-16-6-8-19(18(22)12-16)24-9-10-25-20(23)13-26-17-7-5-14-3-1-2-4-15(14)11-17/h1-8,11-12H,9-10,13H2. The maximum Gasteiger partial charge on any atom is 0.344 e. The van der Waals surface area contributed by atoms with Gasteiger partial charge in [-0.2, -0.15) is 0 Å². The molecule has 3 aromatic carbocycles. The molecule has 0 atom stereocenters. The lowest BCUT2D eigenvalue weighted by Gasteiger charge is -2.10. The Balaban J connectivity index is 1.41. The van der Waals surface area contributed by atoms with Gasteiger partial charge in [0.05, 0.1) is 5.02 Å². The Labute approximate surface area is 161 Å². The quantitative estimate of drug-likeness (QED) is 0.413. The molecule has 0 aromatic heterocycles. The molecule has 0 bridgehead atoms. The molecule has 0 spiro atoms. The molecule has 0 heterocycles. The SMILES string of the molecule is O=C(COc1ccc2ccccc2c1)OCCOc1ccc(Cl)cc1Cl. The molecule has 0 aliphatic rings. The third kappa shape index (κ3) is 5.04. The van der Waals surface area contributed by atoms with E-state index in [-0.39, 0.29) is 19.8 Å². The lowest BCUT2D eigenvalue weighted by atomic mass is 10.1. The maximum absolute atomic E-state index is 11.8. The van der Waals surface area contributed by atoms with E-state index < -0.39 is 5.97 Å². The molecule has 0 amide bonds. The summed E-state index contributed by atoms with van der Waals surface area (Å²) in [7, 11) is 0. The molecular weight excluding hydrogens is 375 g/mol. The van der Waals surface area contributed by atoms with E-state index in [0.717, 1.165) is 10.8 Å². The van der Waals surface area contributed by atoms with E-state index in [4.69, 9.17) is 37.4 Å². The molecule has 4 nitrogen and oxygen atoms in total. The average molecular weight is 391 g/mol. The van der Waals surface area contributed by atoms with Crippen LogP contribution in [0.2, 0.25) is 10.0 Å². The number of carbonyl (C=O) groups is 1. The summed E-state index contributed by atoms with van der Waals surface area (Å²) in [5.41, 5.74) is 0. The summed E-state index contributed by atoms with van der Waals surface area (Å²) in [6, 6.07) is 18.5. The van der Waals surface area contributed by atoms with E-state index in [1.165, 1.54) is 0 Å². The minimum Gasteiger partial charge on any atom is -0.488 e. The molecule has 26 heavy (non-hydrogen) atoms. The van der Waals surface area contributed by atoms with Crippen LogP contribution in [-0.4, -0.2) is 25.8 Å². The van der Waals surface area contributed by atoms with Crippen LogP contribution >= 0.6 is 23.2 Å². The first-order chi connectivity index (χ1) is 12.6. The predicted molar refractivity (Wildman–Crippen MR) is 102 cm³/mol. The van der Waals surface area contributed by atoms with Gasteiger partial charge in [0.2, 0.25) is 0 Å². The number of benzene rings is 3. The number of carbonyl (C=O) groups excluding carboxylic acids is 1. The zero-order valence-corrected chi connectivity index (χ0v) is 15.3. The molecule has 0 fully saturated rings. The van der Waals surface area contributed by atoms with Crippen LogP contribution in [0.25, 0.3) is 10.8 Å². The van der Waals surface area contributed by atoms with Crippen molar-refractivity contribution >= 4 is 39.9 Å². The van der Waals surface area contributed by atoms with Crippen molar-refractivity contribution in [2.45, 2.75) is 0 Å². The summed E-state index contributed by atoms with van der Waals surface area (Å²) in [5, 5.41) is 3.09. The van der Waals surface area contributed by atoms with Gasteiger partial charge in [0.15, 0.2) is 6.61 Å². The molecule has 134 valence electrons. The van der Waals surface area contributed by atoms with Gasteiger partial charge in [-0.05, 0) is 41.1 Å². The minimum atomic E-state index is -0.469. The van der Waals surface area contributed by atoms with Crippen LogP contribution in [0.15, 0.2) is 60.7 Å². The van der Waals surface area contributed by atoms with Gasteiger partial charge in [0, 0.05) is 5.02 Å². The average Bonchev–Trinajstić information content (AvgIpc) is 2.65. The zero-order chi connectivity index (χ0) is 18.4. The normalized spacial score (nSPS) is 10.5. The van der Waals surface area contributed by atoms with Crippen molar-refractivity contribution in [1.82, 2.24) is 0 Å². The van der Waals surface area contributed by atoms with E-state index in [0.29, 0.717) is 21.5 Å². The Morgan fingerprint density at radius 2 is 1.65 bits per heavy atom. The Hall–Kier alpha value is -2.43. The van der Waals surface area contributed by atoms with Crippen molar-refractivity contribution in [3.63, 3.8) is 0 Å². The van der Waals surface area contributed by atoms with E-state index in [9.17, 15) is 4.79 Å². The fraction of sp³-hybridized carbons (Fsp3) is 0.150. The molecule has 0 aliphatic heterocycles. The number of ether oxygens (including phenoxy) is 3. The smallest absolute Gasteiger partial charge is 0.344 e. The second-order valence-corrected chi connectivity index (χ2v) is 6.28. The lowest BCUT2D eigenvalue weighted by Crippen LogP contribution is -2.18. The van der Waals surface area contributed by atoms with E-state index in [2.05, 4.69) is 0 Å². The van der Waals surface area contributed by atoms with Crippen LogP contribution in [0.5, 0.6) is 11.5 Å². The van der Waals surface area contributed by atoms with E-state index in [1.54, 1.807) is 18.2 Å². The topological polar surface area (TPSA) is 44.8 Å². The third-order valence-corrected chi connectivity index (χ3v) is 4.11. The number of rotatable bonds is 7. The summed E-state index contributed by atoms with van der Waals surface area (Å²) in [5.74, 6) is 0.633. The first kappa shape index (κ1) is 18.4. The van der Waals surface area contributed by atoms with Crippen LogP contribution < -0.4 is 9.47 Å². The van der Waals surface area contributed by atoms with Gasteiger partial charge in [0.25, 0.3) is 0 Å². The number of halogens is 2. The highest BCUT2D eigenvalue weighted by Crippen LogP contribution is 2.27. The minimum absolute atomic E-state index is 0.0961. The molecular formula is C20H16Cl2O4. The number of fused-ring (bicyclic) bond motifs is 1. The van der Waals surface area contributed by atoms with Crippen molar-refractivity contribution in [1.29, 1.82) is 0 Å². The van der Waals surface area contributed by atoms with Gasteiger partial charge in [-0.15, -0.1) is 0 Å². The van der Waals surface area contributed by atoms with Gasteiger partial charge in [0.1, 0.15) is 24.7 Å². The van der Waals surface area contributed by atoms with Gasteiger partial charge < -0.3 is 14.2 Å². The van der Waals surface area contributed by atoms with Gasteiger partial charge in [-0.25, -0.2) is 4.79 Å². The molecule has 0 saturated heterocycles.